The Morgan fingerprint density at radius 1 is 1.12 bits per heavy atom. The van der Waals surface area contributed by atoms with Crippen LogP contribution in [0.25, 0.3) is 11.3 Å². The SMILES string of the molecule is CCOC(=O)/C(C=N)=C(/Nc1cccc(-c2cc(C)ccc2OCc2ccc3c(c2)CCN(C(C)=O)C3)n1)C(F)(F)F. The summed E-state index contributed by atoms with van der Waals surface area (Å²) in [6, 6.07) is 16.0. The number of anilines is 1. The van der Waals surface area contributed by atoms with Crippen molar-refractivity contribution in [2.45, 2.75) is 46.5 Å². The van der Waals surface area contributed by atoms with Gasteiger partial charge in [0.1, 0.15) is 29.4 Å². The monoisotopic (exact) mass is 580 g/mol. The molecule has 0 atom stereocenters. The van der Waals surface area contributed by atoms with E-state index >= 15 is 0 Å². The summed E-state index contributed by atoms with van der Waals surface area (Å²) in [6.07, 6.45) is -3.91. The number of allylic oxidation sites excluding steroid dienone is 1. The summed E-state index contributed by atoms with van der Waals surface area (Å²) >= 11 is 0. The average molecular weight is 581 g/mol. The van der Waals surface area contributed by atoms with Crippen LogP contribution in [-0.4, -0.2) is 47.3 Å². The molecule has 0 fully saturated rings. The highest BCUT2D eigenvalue weighted by Crippen LogP contribution is 2.33. The quantitative estimate of drug-likeness (QED) is 0.183. The molecular weight excluding hydrogens is 549 g/mol. The van der Waals surface area contributed by atoms with E-state index in [0.717, 1.165) is 23.1 Å². The van der Waals surface area contributed by atoms with Crippen LogP contribution >= 0.6 is 0 Å². The molecule has 0 bridgehead atoms. The second-order valence-corrected chi connectivity index (χ2v) is 9.77. The summed E-state index contributed by atoms with van der Waals surface area (Å²) in [4.78, 5) is 30.0. The summed E-state index contributed by atoms with van der Waals surface area (Å²) in [5.41, 5.74) is 2.62. The summed E-state index contributed by atoms with van der Waals surface area (Å²) in [5, 5.41) is 9.57. The minimum absolute atomic E-state index is 0.0488. The second kappa shape index (κ2) is 12.9. The number of fused-ring (bicyclic) bond motifs is 1. The summed E-state index contributed by atoms with van der Waals surface area (Å²) in [6.45, 7) is 6.25. The molecule has 0 saturated carbocycles. The van der Waals surface area contributed by atoms with E-state index in [1.54, 1.807) is 19.1 Å². The molecule has 3 aromatic rings. The summed E-state index contributed by atoms with van der Waals surface area (Å²) in [7, 11) is 0. The number of hydrogen-bond acceptors (Lipinski definition) is 7. The van der Waals surface area contributed by atoms with Gasteiger partial charge in [-0.25, -0.2) is 9.78 Å². The van der Waals surface area contributed by atoms with E-state index in [9.17, 15) is 22.8 Å². The fourth-order valence-corrected chi connectivity index (χ4v) is 4.61. The standard InChI is InChI=1S/C31H31F3N4O4/c1-4-41-30(40)25(16-35)29(31(32,33)34)37-28-7-5-6-26(36-28)24-14-19(2)8-11-27(24)42-18-21-9-10-23-17-38(20(3)39)13-12-22(23)15-21/h5-11,14-16,35H,4,12-13,17-18H2,1-3H3,(H,36,37)/b29-25+,35-16?. The molecule has 1 aromatic heterocycles. The molecule has 8 nitrogen and oxygen atoms in total. The maximum atomic E-state index is 13.9. The highest BCUT2D eigenvalue weighted by atomic mass is 19.4. The van der Waals surface area contributed by atoms with E-state index in [0.29, 0.717) is 36.3 Å². The van der Waals surface area contributed by atoms with E-state index in [4.69, 9.17) is 14.9 Å². The Hall–Kier alpha value is -4.67. The minimum atomic E-state index is -4.98. The number of alkyl halides is 3. The molecule has 220 valence electrons. The molecule has 1 aliphatic heterocycles. The van der Waals surface area contributed by atoms with Crippen LogP contribution in [0.1, 0.15) is 36.1 Å². The maximum Gasteiger partial charge on any atom is 0.432 e. The third-order valence-corrected chi connectivity index (χ3v) is 6.73. The molecule has 1 aliphatic rings. The van der Waals surface area contributed by atoms with Crippen molar-refractivity contribution in [3.05, 3.63) is 88.1 Å². The van der Waals surface area contributed by atoms with Crippen molar-refractivity contribution in [3.8, 4) is 17.0 Å². The van der Waals surface area contributed by atoms with E-state index < -0.39 is 23.4 Å². The lowest BCUT2D eigenvalue weighted by molar-refractivity contribution is -0.139. The van der Waals surface area contributed by atoms with Crippen molar-refractivity contribution >= 4 is 23.9 Å². The van der Waals surface area contributed by atoms with Gasteiger partial charge in [-0.1, -0.05) is 35.9 Å². The van der Waals surface area contributed by atoms with Crippen molar-refractivity contribution < 1.29 is 32.2 Å². The number of ether oxygens (including phenoxy) is 2. The zero-order valence-corrected chi connectivity index (χ0v) is 23.5. The number of amides is 1. The molecule has 42 heavy (non-hydrogen) atoms. The fourth-order valence-electron chi connectivity index (χ4n) is 4.61. The first-order chi connectivity index (χ1) is 20.0. The van der Waals surface area contributed by atoms with Gasteiger partial charge in [0.25, 0.3) is 0 Å². The molecule has 2 heterocycles. The van der Waals surface area contributed by atoms with Gasteiger partial charge in [-0.2, -0.15) is 13.2 Å². The molecule has 1 amide bonds. The van der Waals surface area contributed by atoms with Gasteiger partial charge in [0.2, 0.25) is 5.91 Å². The number of nitrogens with one attached hydrogen (secondary N) is 2. The number of aryl methyl sites for hydroxylation is 1. The molecule has 0 saturated heterocycles. The normalized spacial score (nSPS) is 13.5. The first kappa shape index (κ1) is 30.3. The van der Waals surface area contributed by atoms with Crippen LogP contribution in [0, 0.1) is 12.3 Å². The Bertz CT molecular complexity index is 1530. The van der Waals surface area contributed by atoms with Crippen molar-refractivity contribution in [1.82, 2.24) is 9.88 Å². The van der Waals surface area contributed by atoms with Gasteiger partial charge in [0.05, 0.1) is 12.3 Å². The molecule has 11 heteroatoms. The molecule has 2 aromatic carbocycles. The van der Waals surface area contributed by atoms with Crippen LogP contribution in [-0.2, 0) is 33.9 Å². The van der Waals surface area contributed by atoms with E-state index in [1.807, 2.05) is 36.1 Å². The van der Waals surface area contributed by atoms with Gasteiger partial charge in [-0.3, -0.25) is 4.79 Å². The Kier molecular flexibility index (Phi) is 9.29. The smallest absolute Gasteiger partial charge is 0.432 e. The predicted octanol–water partition coefficient (Wildman–Crippen LogP) is 5.98. The molecule has 0 aliphatic carbocycles. The van der Waals surface area contributed by atoms with Crippen molar-refractivity contribution in [2.24, 2.45) is 0 Å². The van der Waals surface area contributed by atoms with Crippen LogP contribution in [0.15, 0.2) is 65.9 Å². The number of rotatable bonds is 9. The Labute approximate surface area is 241 Å². The van der Waals surface area contributed by atoms with Gasteiger partial charge in [0, 0.05) is 31.8 Å². The largest absolute Gasteiger partial charge is 0.488 e. The van der Waals surface area contributed by atoms with E-state index in [-0.39, 0.29) is 24.9 Å². The zero-order chi connectivity index (χ0) is 30.4. The number of pyridine rings is 1. The van der Waals surface area contributed by atoms with Gasteiger partial charge < -0.3 is 25.1 Å². The lowest BCUT2D eigenvalue weighted by atomic mass is 9.97. The molecule has 0 unspecified atom stereocenters. The van der Waals surface area contributed by atoms with E-state index in [2.05, 4.69) is 16.4 Å². The molecular formula is C31H31F3N4O4. The summed E-state index contributed by atoms with van der Waals surface area (Å²) < 4.78 is 52.6. The number of hydrogen-bond donors (Lipinski definition) is 2. The topological polar surface area (TPSA) is 105 Å². The van der Waals surface area contributed by atoms with Gasteiger partial charge >= 0.3 is 12.1 Å². The highest BCUT2D eigenvalue weighted by molar-refractivity contribution is 6.09. The number of aromatic nitrogens is 1. The number of benzene rings is 2. The van der Waals surface area contributed by atoms with Crippen molar-refractivity contribution in [3.63, 3.8) is 0 Å². The minimum Gasteiger partial charge on any atom is -0.488 e. The second-order valence-electron chi connectivity index (χ2n) is 9.77. The molecule has 0 spiro atoms. The number of nitrogens with zero attached hydrogens (tertiary/aromatic N) is 2. The molecule has 2 N–H and O–H groups in total. The van der Waals surface area contributed by atoms with Crippen molar-refractivity contribution in [1.29, 1.82) is 5.41 Å². The number of carbonyl (C=O) groups excluding carboxylic acids is 2. The predicted molar refractivity (Wildman–Crippen MR) is 152 cm³/mol. The van der Waals surface area contributed by atoms with Crippen LogP contribution in [0.4, 0.5) is 19.0 Å². The zero-order valence-electron chi connectivity index (χ0n) is 23.5. The molecule has 4 rings (SSSR count). The number of esters is 1. The number of halogens is 3. The lowest BCUT2D eigenvalue weighted by Crippen LogP contribution is -2.34. The number of carbonyl (C=O) groups is 2. The van der Waals surface area contributed by atoms with Crippen LogP contribution in [0.5, 0.6) is 5.75 Å². The maximum absolute atomic E-state index is 13.9. The van der Waals surface area contributed by atoms with Crippen LogP contribution in [0.3, 0.4) is 0 Å². The van der Waals surface area contributed by atoms with Crippen LogP contribution in [0.2, 0.25) is 0 Å². The first-order valence-electron chi connectivity index (χ1n) is 13.3. The lowest BCUT2D eigenvalue weighted by Gasteiger charge is -2.28. The Balaban J connectivity index is 1.60. The van der Waals surface area contributed by atoms with Gasteiger partial charge in [0.15, 0.2) is 0 Å². The van der Waals surface area contributed by atoms with E-state index in [1.165, 1.54) is 24.6 Å². The average Bonchev–Trinajstić information content (AvgIpc) is 2.95. The van der Waals surface area contributed by atoms with Gasteiger partial charge in [-0.05, 0) is 61.2 Å². The third kappa shape index (κ3) is 7.15. The highest BCUT2D eigenvalue weighted by Gasteiger charge is 2.39. The first-order valence-corrected chi connectivity index (χ1v) is 13.3. The Morgan fingerprint density at radius 3 is 2.60 bits per heavy atom. The fraction of sp³-hybridized carbons (Fsp3) is 0.290. The third-order valence-electron chi connectivity index (χ3n) is 6.73. The van der Waals surface area contributed by atoms with Crippen LogP contribution < -0.4 is 10.1 Å². The van der Waals surface area contributed by atoms with Gasteiger partial charge in [-0.15, -0.1) is 0 Å². The summed E-state index contributed by atoms with van der Waals surface area (Å²) in [5.74, 6) is -0.905. The molecule has 0 radical (unpaired) electrons. The Morgan fingerprint density at radius 2 is 1.90 bits per heavy atom. The van der Waals surface area contributed by atoms with Crippen molar-refractivity contribution in [2.75, 3.05) is 18.5 Å².